The van der Waals surface area contributed by atoms with E-state index in [-0.39, 0.29) is 6.61 Å². The summed E-state index contributed by atoms with van der Waals surface area (Å²) in [4.78, 5) is 16.7. The highest BCUT2D eigenvalue weighted by atomic mass is 32.1. The Morgan fingerprint density at radius 1 is 1.24 bits per heavy atom. The summed E-state index contributed by atoms with van der Waals surface area (Å²) in [5.74, 6) is 0.531. The first-order valence-corrected chi connectivity index (χ1v) is 8.98. The minimum Gasteiger partial charge on any atom is -0.455 e. The molecule has 2 aromatic heterocycles. The van der Waals surface area contributed by atoms with Gasteiger partial charge in [-0.15, -0.1) is 11.3 Å². The lowest BCUT2D eigenvalue weighted by molar-refractivity contribution is 0.0465. The average Bonchev–Trinajstić information content (AvgIpc) is 3.20. The Morgan fingerprint density at radius 2 is 1.96 bits per heavy atom. The van der Waals surface area contributed by atoms with Gasteiger partial charge in [-0.2, -0.15) is 0 Å². The highest BCUT2D eigenvalue weighted by Gasteiger charge is 2.19. The minimum atomic E-state index is -0.438. The lowest BCUT2D eigenvalue weighted by Gasteiger charge is -2.05. The van der Waals surface area contributed by atoms with Crippen LogP contribution in [-0.2, 0) is 11.3 Å². The second kappa shape index (κ2) is 7.19. The number of rotatable bonds is 5. The number of carbonyl (C=O) groups excluding carboxylic acids is 1. The van der Waals surface area contributed by atoms with Crippen molar-refractivity contribution in [1.82, 2.24) is 10.1 Å². The smallest absolute Gasteiger partial charge is 0.344 e. The van der Waals surface area contributed by atoms with Crippen molar-refractivity contribution in [1.29, 1.82) is 0 Å². The third kappa shape index (κ3) is 3.79. The van der Waals surface area contributed by atoms with Crippen molar-refractivity contribution in [2.24, 2.45) is 0 Å². The maximum Gasteiger partial charge on any atom is 0.344 e. The SMILES string of the molecule is Cc1noc(C)c1C(=O)OCc1csc(-c2ccc(C(C)C)cc2)n1. The Morgan fingerprint density at radius 3 is 2.56 bits per heavy atom. The van der Waals surface area contributed by atoms with E-state index in [9.17, 15) is 4.79 Å². The van der Waals surface area contributed by atoms with E-state index in [0.29, 0.717) is 22.9 Å². The normalized spacial score (nSPS) is 11.1. The number of benzene rings is 1. The molecule has 3 aromatic rings. The predicted octanol–water partition coefficient (Wildman–Crippen LogP) is 4.90. The van der Waals surface area contributed by atoms with Gasteiger partial charge in [0.2, 0.25) is 0 Å². The van der Waals surface area contributed by atoms with Crippen LogP contribution < -0.4 is 0 Å². The highest BCUT2D eigenvalue weighted by molar-refractivity contribution is 7.13. The fraction of sp³-hybridized carbons (Fsp3) is 0.316. The van der Waals surface area contributed by atoms with Crippen LogP contribution in [0.3, 0.4) is 0 Å². The van der Waals surface area contributed by atoms with Gasteiger partial charge in [-0.3, -0.25) is 0 Å². The topological polar surface area (TPSA) is 65.2 Å². The van der Waals surface area contributed by atoms with E-state index in [1.807, 2.05) is 5.38 Å². The van der Waals surface area contributed by atoms with Gasteiger partial charge in [0.25, 0.3) is 0 Å². The predicted molar refractivity (Wildman–Crippen MR) is 96.7 cm³/mol. The van der Waals surface area contributed by atoms with Crippen LogP contribution in [0.25, 0.3) is 10.6 Å². The summed E-state index contributed by atoms with van der Waals surface area (Å²) in [7, 11) is 0. The molecule has 0 unspecified atom stereocenters. The molecule has 0 fully saturated rings. The van der Waals surface area contributed by atoms with Crippen LogP contribution in [0.5, 0.6) is 0 Å². The molecule has 0 amide bonds. The third-order valence-electron chi connectivity index (χ3n) is 3.96. The molecule has 0 radical (unpaired) electrons. The van der Waals surface area contributed by atoms with Crippen molar-refractivity contribution in [2.75, 3.05) is 0 Å². The van der Waals surface area contributed by atoms with E-state index >= 15 is 0 Å². The molecule has 0 bridgehead atoms. The van der Waals surface area contributed by atoms with Gasteiger partial charge >= 0.3 is 5.97 Å². The molecule has 0 saturated heterocycles. The highest BCUT2D eigenvalue weighted by Crippen LogP contribution is 2.26. The van der Waals surface area contributed by atoms with Crippen LogP contribution in [0.2, 0.25) is 0 Å². The third-order valence-corrected chi connectivity index (χ3v) is 4.90. The zero-order valence-electron chi connectivity index (χ0n) is 14.7. The molecule has 2 heterocycles. The monoisotopic (exact) mass is 356 g/mol. The Kier molecular flexibility index (Phi) is 4.99. The van der Waals surface area contributed by atoms with Gasteiger partial charge in [0.05, 0.1) is 11.4 Å². The Bertz CT molecular complexity index is 859. The van der Waals surface area contributed by atoms with Crippen molar-refractivity contribution in [2.45, 2.75) is 40.2 Å². The number of hydrogen-bond acceptors (Lipinski definition) is 6. The molecule has 5 nitrogen and oxygen atoms in total. The lowest BCUT2D eigenvalue weighted by Crippen LogP contribution is -2.07. The first-order chi connectivity index (χ1) is 12.0. The Labute approximate surface area is 150 Å². The zero-order valence-corrected chi connectivity index (χ0v) is 15.5. The zero-order chi connectivity index (χ0) is 18.0. The summed E-state index contributed by atoms with van der Waals surface area (Å²) >= 11 is 1.54. The minimum absolute atomic E-state index is 0.128. The number of esters is 1. The van der Waals surface area contributed by atoms with Crippen molar-refractivity contribution in [3.63, 3.8) is 0 Å². The molecule has 1 aromatic carbocycles. The molecular formula is C19H20N2O3S. The van der Waals surface area contributed by atoms with Crippen molar-refractivity contribution < 1.29 is 14.1 Å². The van der Waals surface area contributed by atoms with Gasteiger partial charge < -0.3 is 9.26 Å². The van der Waals surface area contributed by atoms with Crippen molar-refractivity contribution in [3.05, 3.63) is 57.9 Å². The molecular weight excluding hydrogens is 336 g/mol. The molecule has 25 heavy (non-hydrogen) atoms. The number of thiazole rings is 1. The molecule has 0 saturated carbocycles. The number of aryl methyl sites for hydroxylation is 2. The number of aromatic nitrogens is 2. The van der Waals surface area contributed by atoms with Crippen LogP contribution in [0.15, 0.2) is 34.2 Å². The van der Waals surface area contributed by atoms with Gasteiger partial charge in [-0.05, 0) is 25.3 Å². The van der Waals surface area contributed by atoms with Gasteiger partial charge in [0.15, 0.2) is 0 Å². The van der Waals surface area contributed by atoms with Crippen LogP contribution in [-0.4, -0.2) is 16.1 Å². The molecule has 0 N–H and O–H groups in total. The Balaban J connectivity index is 1.67. The molecule has 6 heteroatoms. The summed E-state index contributed by atoms with van der Waals surface area (Å²) in [6.07, 6.45) is 0. The van der Waals surface area contributed by atoms with Crippen LogP contribution >= 0.6 is 11.3 Å². The first kappa shape index (κ1) is 17.4. The van der Waals surface area contributed by atoms with Gasteiger partial charge in [-0.1, -0.05) is 43.3 Å². The number of nitrogens with zero attached hydrogens (tertiary/aromatic N) is 2. The second-order valence-electron chi connectivity index (χ2n) is 6.20. The van der Waals surface area contributed by atoms with E-state index in [1.54, 1.807) is 13.8 Å². The van der Waals surface area contributed by atoms with E-state index in [2.05, 4.69) is 48.3 Å². The van der Waals surface area contributed by atoms with Gasteiger partial charge in [0.1, 0.15) is 22.9 Å². The molecule has 130 valence electrons. The average molecular weight is 356 g/mol. The summed E-state index contributed by atoms with van der Waals surface area (Å²) in [6.45, 7) is 7.88. The van der Waals surface area contributed by atoms with Crippen LogP contribution in [0, 0.1) is 13.8 Å². The van der Waals surface area contributed by atoms with Crippen molar-refractivity contribution >= 4 is 17.3 Å². The van der Waals surface area contributed by atoms with Gasteiger partial charge in [-0.25, -0.2) is 9.78 Å². The van der Waals surface area contributed by atoms with E-state index < -0.39 is 5.97 Å². The maximum absolute atomic E-state index is 12.2. The molecule has 0 atom stereocenters. The number of ether oxygens (including phenoxy) is 1. The fourth-order valence-electron chi connectivity index (χ4n) is 2.50. The summed E-state index contributed by atoms with van der Waals surface area (Å²) in [5.41, 5.74) is 4.02. The first-order valence-electron chi connectivity index (χ1n) is 8.10. The van der Waals surface area contributed by atoms with Crippen LogP contribution in [0.1, 0.15) is 52.8 Å². The molecule has 0 aliphatic rings. The largest absolute Gasteiger partial charge is 0.455 e. The molecule has 0 spiro atoms. The molecule has 0 aliphatic carbocycles. The lowest BCUT2D eigenvalue weighted by atomic mass is 10.0. The van der Waals surface area contributed by atoms with E-state index in [4.69, 9.17) is 9.26 Å². The van der Waals surface area contributed by atoms with E-state index in [0.717, 1.165) is 16.3 Å². The van der Waals surface area contributed by atoms with E-state index in [1.165, 1.54) is 16.9 Å². The summed E-state index contributed by atoms with van der Waals surface area (Å²) < 4.78 is 10.3. The Hall–Kier alpha value is -2.47. The number of carbonyl (C=O) groups is 1. The standard InChI is InChI=1S/C19H20N2O3S/c1-11(2)14-5-7-15(8-6-14)18-20-16(10-25-18)9-23-19(22)17-12(3)21-24-13(17)4/h5-8,10-11H,9H2,1-4H3. The quantitative estimate of drug-likeness (QED) is 0.609. The molecule has 3 rings (SSSR count). The summed E-state index contributed by atoms with van der Waals surface area (Å²) in [5, 5.41) is 6.59. The number of hydrogen-bond donors (Lipinski definition) is 0. The second-order valence-corrected chi connectivity index (χ2v) is 7.05. The molecule has 0 aliphatic heterocycles. The van der Waals surface area contributed by atoms with Crippen molar-refractivity contribution in [3.8, 4) is 10.6 Å². The van der Waals surface area contributed by atoms with Crippen LogP contribution in [0.4, 0.5) is 0 Å². The maximum atomic E-state index is 12.2. The van der Waals surface area contributed by atoms with Gasteiger partial charge in [0, 0.05) is 10.9 Å². The summed E-state index contributed by atoms with van der Waals surface area (Å²) in [6, 6.07) is 8.40. The fourth-order valence-corrected chi connectivity index (χ4v) is 3.31.